The third kappa shape index (κ3) is 3.17. The lowest BCUT2D eigenvalue weighted by Crippen LogP contribution is -2.10. The Labute approximate surface area is 118 Å². The molecular formula is C15H20N2O3. The highest BCUT2D eigenvalue weighted by Gasteiger charge is 2.10. The second-order valence-electron chi connectivity index (χ2n) is 5.29. The van der Waals surface area contributed by atoms with E-state index in [1.54, 1.807) is 18.2 Å². The summed E-state index contributed by atoms with van der Waals surface area (Å²) in [5.74, 6) is 0.457. The van der Waals surface area contributed by atoms with Crippen LogP contribution in [0.4, 0.5) is 0 Å². The molecule has 2 rings (SSSR count). The van der Waals surface area contributed by atoms with E-state index in [9.17, 15) is 4.79 Å². The van der Waals surface area contributed by atoms with Crippen molar-refractivity contribution in [3.05, 3.63) is 29.6 Å². The average Bonchev–Trinajstić information content (AvgIpc) is 2.69. The molecule has 0 aliphatic heterocycles. The van der Waals surface area contributed by atoms with Gasteiger partial charge in [0.25, 0.3) is 0 Å². The standard InChI is InChI=1S/C15H20N2O3/c1-10(2)9-20-7-6-17-11(3)16-13-5-4-12(15(18)19)8-14(13)17/h4-5,8,10H,6-7,9H2,1-3H3,(H,18,19). The Morgan fingerprint density at radius 1 is 1.45 bits per heavy atom. The Bertz CT molecular complexity index is 617. The number of hydrogen-bond acceptors (Lipinski definition) is 3. The fourth-order valence-corrected chi connectivity index (χ4v) is 2.13. The number of imidazole rings is 1. The third-order valence-electron chi connectivity index (χ3n) is 3.10. The number of benzene rings is 1. The molecule has 0 saturated heterocycles. The zero-order valence-corrected chi connectivity index (χ0v) is 12.1. The first-order valence-corrected chi connectivity index (χ1v) is 6.77. The lowest BCUT2D eigenvalue weighted by molar-refractivity contribution is 0.0697. The number of fused-ring (bicyclic) bond motifs is 1. The topological polar surface area (TPSA) is 64.3 Å². The lowest BCUT2D eigenvalue weighted by atomic mass is 10.2. The molecule has 0 aliphatic carbocycles. The van der Waals surface area contributed by atoms with Crippen LogP contribution in [0.1, 0.15) is 30.0 Å². The molecule has 1 heterocycles. The Balaban J connectivity index is 2.20. The van der Waals surface area contributed by atoms with Crippen LogP contribution in [-0.4, -0.2) is 33.8 Å². The van der Waals surface area contributed by atoms with Gasteiger partial charge in [-0.25, -0.2) is 9.78 Å². The summed E-state index contributed by atoms with van der Waals surface area (Å²) in [6.45, 7) is 8.14. The van der Waals surface area contributed by atoms with E-state index in [2.05, 4.69) is 18.8 Å². The third-order valence-corrected chi connectivity index (χ3v) is 3.10. The molecule has 108 valence electrons. The number of carboxylic acids is 1. The monoisotopic (exact) mass is 276 g/mol. The van der Waals surface area contributed by atoms with Crippen LogP contribution in [0.5, 0.6) is 0 Å². The van der Waals surface area contributed by atoms with Crippen molar-refractivity contribution in [2.45, 2.75) is 27.3 Å². The Morgan fingerprint density at radius 2 is 2.20 bits per heavy atom. The van der Waals surface area contributed by atoms with Gasteiger partial charge >= 0.3 is 5.97 Å². The molecule has 0 unspecified atom stereocenters. The Hall–Kier alpha value is -1.88. The highest BCUT2D eigenvalue weighted by Crippen LogP contribution is 2.18. The molecule has 5 heteroatoms. The van der Waals surface area contributed by atoms with Gasteiger partial charge in [-0.15, -0.1) is 0 Å². The molecule has 5 nitrogen and oxygen atoms in total. The number of ether oxygens (including phenoxy) is 1. The SMILES string of the molecule is Cc1nc2ccc(C(=O)O)cc2n1CCOCC(C)C. The second-order valence-corrected chi connectivity index (χ2v) is 5.29. The molecule has 0 amide bonds. The number of aryl methyl sites for hydroxylation is 1. The Kier molecular flexibility index (Phi) is 4.39. The molecule has 1 aromatic carbocycles. The van der Waals surface area contributed by atoms with Gasteiger partial charge in [0.2, 0.25) is 0 Å². The van der Waals surface area contributed by atoms with Crippen molar-refractivity contribution in [3.8, 4) is 0 Å². The van der Waals surface area contributed by atoms with Gasteiger partial charge in [0.15, 0.2) is 0 Å². The molecule has 0 fully saturated rings. The van der Waals surface area contributed by atoms with E-state index in [0.717, 1.165) is 23.5 Å². The summed E-state index contributed by atoms with van der Waals surface area (Å²) in [5, 5.41) is 9.06. The van der Waals surface area contributed by atoms with Gasteiger partial charge in [0.05, 0.1) is 23.2 Å². The predicted molar refractivity (Wildman–Crippen MR) is 77.1 cm³/mol. The number of aromatic nitrogens is 2. The zero-order valence-electron chi connectivity index (χ0n) is 12.1. The van der Waals surface area contributed by atoms with Crippen molar-refractivity contribution in [1.29, 1.82) is 0 Å². The molecule has 0 radical (unpaired) electrons. The number of nitrogens with zero attached hydrogens (tertiary/aromatic N) is 2. The molecule has 1 N–H and O–H groups in total. The summed E-state index contributed by atoms with van der Waals surface area (Å²) in [6, 6.07) is 4.99. The van der Waals surface area contributed by atoms with Crippen LogP contribution in [0.3, 0.4) is 0 Å². The van der Waals surface area contributed by atoms with E-state index in [4.69, 9.17) is 9.84 Å². The number of carboxylic acid groups (broad SMARTS) is 1. The summed E-state index contributed by atoms with van der Waals surface area (Å²) >= 11 is 0. The lowest BCUT2D eigenvalue weighted by Gasteiger charge is -2.09. The van der Waals surface area contributed by atoms with E-state index in [-0.39, 0.29) is 5.56 Å². The summed E-state index contributed by atoms with van der Waals surface area (Å²) in [6.07, 6.45) is 0. The zero-order chi connectivity index (χ0) is 14.7. The summed E-state index contributed by atoms with van der Waals surface area (Å²) in [4.78, 5) is 15.5. The van der Waals surface area contributed by atoms with Gasteiger partial charge in [0.1, 0.15) is 5.82 Å². The van der Waals surface area contributed by atoms with E-state index >= 15 is 0 Å². The predicted octanol–water partition coefficient (Wildman–Crippen LogP) is 2.72. The smallest absolute Gasteiger partial charge is 0.335 e. The molecule has 0 bridgehead atoms. The maximum absolute atomic E-state index is 11.0. The minimum absolute atomic E-state index is 0.279. The van der Waals surface area contributed by atoms with Crippen molar-refractivity contribution in [3.63, 3.8) is 0 Å². The van der Waals surface area contributed by atoms with Gasteiger partial charge in [-0.3, -0.25) is 0 Å². The molecule has 20 heavy (non-hydrogen) atoms. The molecule has 0 saturated carbocycles. The number of carbonyl (C=O) groups is 1. The first-order chi connectivity index (χ1) is 9.49. The molecular weight excluding hydrogens is 256 g/mol. The normalized spacial score (nSPS) is 11.4. The van der Waals surface area contributed by atoms with Crippen LogP contribution < -0.4 is 0 Å². The van der Waals surface area contributed by atoms with Gasteiger partial charge < -0.3 is 14.4 Å². The minimum Gasteiger partial charge on any atom is -0.478 e. The van der Waals surface area contributed by atoms with E-state index in [0.29, 0.717) is 19.1 Å². The average molecular weight is 276 g/mol. The van der Waals surface area contributed by atoms with E-state index in [1.165, 1.54) is 0 Å². The quantitative estimate of drug-likeness (QED) is 0.824. The minimum atomic E-state index is -0.923. The number of rotatable bonds is 6. The van der Waals surface area contributed by atoms with Crippen molar-refractivity contribution < 1.29 is 14.6 Å². The van der Waals surface area contributed by atoms with Crippen molar-refractivity contribution in [2.75, 3.05) is 13.2 Å². The first-order valence-electron chi connectivity index (χ1n) is 6.77. The van der Waals surface area contributed by atoms with Crippen molar-refractivity contribution in [1.82, 2.24) is 9.55 Å². The molecule has 1 aromatic heterocycles. The highest BCUT2D eigenvalue weighted by molar-refractivity contribution is 5.92. The van der Waals surface area contributed by atoms with Crippen LogP contribution in [0, 0.1) is 12.8 Å². The summed E-state index contributed by atoms with van der Waals surface area (Å²) in [5.41, 5.74) is 1.94. The fraction of sp³-hybridized carbons (Fsp3) is 0.467. The van der Waals surface area contributed by atoms with Crippen molar-refractivity contribution >= 4 is 17.0 Å². The van der Waals surface area contributed by atoms with Gasteiger partial charge in [-0.05, 0) is 31.0 Å². The molecule has 2 aromatic rings. The fourth-order valence-electron chi connectivity index (χ4n) is 2.13. The summed E-state index contributed by atoms with van der Waals surface area (Å²) < 4.78 is 7.59. The van der Waals surface area contributed by atoms with Gasteiger partial charge in [-0.1, -0.05) is 13.8 Å². The largest absolute Gasteiger partial charge is 0.478 e. The second kappa shape index (κ2) is 6.05. The maximum atomic E-state index is 11.0. The number of aromatic carboxylic acids is 1. The maximum Gasteiger partial charge on any atom is 0.335 e. The molecule has 0 spiro atoms. The highest BCUT2D eigenvalue weighted by atomic mass is 16.5. The first kappa shape index (κ1) is 14.5. The number of hydrogen-bond donors (Lipinski definition) is 1. The van der Waals surface area contributed by atoms with E-state index in [1.807, 2.05) is 11.5 Å². The van der Waals surface area contributed by atoms with Crippen LogP contribution in [0.2, 0.25) is 0 Å². The summed E-state index contributed by atoms with van der Waals surface area (Å²) in [7, 11) is 0. The van der Waals surface area contributed by atoms with Crippen LogP contribution in [0.25, 0.3) is 11.0 Å². The van der Waals surface area contributed by atoms with Gasteiger partial charge in [-0.2, -0.15) is 0 Å². The Morgan fingerprint density at radius 3 is 2.85 bits per heavy atom. The van der Waals surface area contributed by atoms with Crippen LogP contribution in [0.15, 0.2) is 18.2 Å². The molecule has 0 aliphatic rings. The van der Waals surface area contributed by atoms with E-state index < -0.39 is 5.97 Å². The van der Waals surface area contributed by atoms with Crippen LogP contribution >= 0.6 is 0 Å². The molecule has 0 atom stereocenters. The van der Waals surface area contributed by atoms with Gasteiger partial charge in [0, 0.05) is 13.2 Å². The van der Waals surface area contributed by atoms with Crippen LogP contribution in [-0.2, 0) is 11.3 Å². The van der Waals surface area contributed by atoms with Crippen molar-refractivity contribution in [2.24, 2.45) is 5.92 Å².